The van der Waals surface area contributed by atoms with Crippen LogP contribution < -0.4 is 4.74 Å². The topological polar surface area (TPSA) is 82.1 Å². The van der Waals surface area contributed by atoms with E-state index in [2.05, 4.69) is 12.6 Å². The van der Waals surface area contributed by atoms with Gasteiger partial charge in [0.2, 0.25) is 16.9 Å². The molecule has 0 aliphatic carbocycles. The van der Waals surface area contributed by atoms with Crippen molar-refractivity contribution in [2.75, 3.05) is 20.3 Å². The smallest absolute Gasteiger partial charge is 0.233 e. The number of amides is 2. The van der Waals surface area contributed by atoms with Crippen molar-refractivity contribution in [1.29, 1.82) is 0 Å². The van der Waals surface area contributed by atoms with E-state index in [0.717, 1.165) is 10.5 Å². The third-order valence-corrected chi connectivity index (χ3v) is 5.74. The zero-order chi connectivity index (χ0) is 24.1. The highest BCUT2D eigenvalue weighted by Gasteiger charge is 2.42. The predicted molar refractivity (Wildman–Crippen MR) is 125 cm³/mol. The Morgan fingerprint density at radius 3 is 2.28 bits per heavy atom. The van der Waals surface area contributed by atoms with E-state index in [1.54, 1.807) is 14.0 Å². The molecule has 178 valence electrons. The molecule has 7 nitrogen and oxygen atoms in total. The zero-order valence-electron chi connectivity index (χ0n) is 19.8. The molecule has 1 saturated heterocycles. The molecule has 0 radical (unpaired) electrons. The fourth-order valence-corrected chi connectivity index (χ4v) is 3.88. The predicted octanol–water partition coefficient (Wildman–Crippen LogP) is 3.44. The Bertz CT molecular complexity index is 820. The number of hydrogen-bond donors (Lipinski definition) is 1. The molecule has 1 aromatic rings. The molecule has 2 unspecified atom stereocenters. The summed E-state index contributed by atoms with van der Waals surface area (Å²) in [5.74, 6) is -0.363. The van der Waals surface area contributed by atoms with Gasteiger partial charge >= 0.3 is 0 Å². The van der Waals surface area contributed by atoms with Crippen LogP contribution in [0.3, 0.4) is 0 Å². The molecular weight excluding hydrogens is 430 g/mol. The summed E-state index contributed by atoms with van der Waals surface area (Å²) < 4.78 is 17.2. The van der Waals surface area contributed by atoms with Crippen molar-refractivity contribution in [3.05, 3.63) is 29.8 Å². The molecule has 2 rings (SSSR count). The minimum absolute atomic E-state index is 0.130. The lowest BCUT2D eigenvalue weighted by molar-refractivity contribution is -0.144. The number of carbonyl (C=O) groups excluding carboxylic acids is 3. The molecule has 0 N–H and O–H groups in total. The van der Waals surface area contributed by atoms with E-state index in [0.29, 0.717) is 25.4 Å². The summed E-state index contributed by atoms with van der Waals surface area (Å²) in [5.41, 5.74) is 0.00894. The number of nitrogens with zero attached hydrogens (tertiary/aromatic N) is 1. The second kappa shape index (κ2) is 10.8. The van der Waals surface area contributed by atoms with Crippen LogP contribution in [-0.2, 0) is 30.3 Å². The Balaban J connectivity index is 1.97. The number of methoxy groups -OCH3 is 1. The van der Waals surface area contributed by atoms with Crippen LogP contribution in [0.4, 0.5) is 0 Å². The Morgan fingerprint density at radius 1 is 1.16 bits per heavy atom. The summed E-state index contributed by atoms with van der Waals surface area (Å²) in [6.45, 7) is 10.7. The summed E-state index contributed by atoms with van der Waals surface area (Å²) in [4.78, 5) is 37.7. The molecule has 2 atom stereocenters. The van der Waals surface area contributed by atoms with Gasteiger partial charge in [0.15, 0.2) is 0 Å². The number of benzene rings is 1. The number of rotatable bonds is 12. The van der Waals surface area contributed by atoms with E-state index in [-0.39, 0.29) is 30.3 Å². The summed E-state index contributed by atoms with van der Waals surface area (Å²) in [6.07, 6.45) is 1.04. The second-order valence-corrected chi connectivity index (χ2v) is 10.0. The first-order valence-corrected chi connectivity index (χ1v) is 11.3. The summed E-state index contributed by atoms with van der Waals surface area (Å²) in [7, 11) is 1.65. The Morgan fingerprint density at radius 2 is 1.78 bits per heavy atom. The van der Waals surface area contributed by atoms with Gasteiger partial charge in [0.05, 0.1) is 18.8 Å². The van der Waals surface area contributed by atoms with E-state index >= 15 is 0 Å². The maximum Gasteiger partial charge on any atom is 0.233 e. The second-order valence-electron chi connectivity index (χ2n) is 9.56. The largest absolute Gasteiger partial charge is 0.488 e. The van der Waals surface area contributed by atoms with Crippen LogP contribution in [0.2, 0.25) is 0 Å². The van der Waals surface area contributed by atoms with E-state index in [1.165, 1.54) is 0 Å². The van der Waals surface area contributed by atoms with E-state index < -0.39 is 22.7 Å². The molecule has 8 heteroatoms. The molecule has 1 aliphatic heterocycles. The zero-order valence-corrected chi connectivity index (χ0v) is 20.7. The van der Waals surface area contributed by atoms with E-state index in [9.17, 15) is 14.4 Å². The van der Waals surface area contributed by atoms with Gasteiger partial charge in [0.1, 0.15) is 17.4 Å². The van der Waals surface area contributed by atoms with Crippen molar-refractivity contribution in [1.82, 2.24) is 4.90 Å². The number of imide groups is 1. The quantitative estimate of drug-likeness (QED) is 0.376. The molecule has 0 bridgehead atoms. The first-order valence-electron chi connectivity index (χ1n) is 10.8. The van der Waals surface area contributed by atoms with Gasteiger partial charge in [-0.3, -0.25) is 19.3 Å². The highest BCUT2D eigenvalue weighted by molar-refractivity contribution is 7.96. The van der Waals surface area contributed by atoms with Crippen LogP contribution in [0, 0.1) is 5.92 Å². The summed E-state index contributed by atoms with van der Waals surface area (Å²) in [6, 6.07) is 6.41. The minimum atomic E-state index is -0.904. The van der Waals surface area contributed by atoms with Gasteiger partial charge in [-0.2, -0.15) is 0 Å². The van der Waals surface area contributed by atoms with E-state index in [1.807, 2.05) is 52.0 Å². The Labute approximate surface area is 196 Å². The molecule has 1 aliphatic rings. The number of carbonyl (C=O) groups is 3. The maximum atomic E-state index is 12.3. The molecular formula is C24H35NO6S. The lowest BCUT2D eigenvalue weighted by atomic mass is 10.0. The fourth-order valence-electron chi connectivity index (χ4n) is 3.67. The molecule has 1 fully saturated rings. The SMILES string of the molecule is COCC(C)(C)OCCC(C)(C)Oc1ccc(CC(C(=O)S)N2C(=O)CC(C)C2=O)cc1. The monoisotopic (exact) mass is 465 g/mol. The molecule has 1 heterocycles. The van der Waals surface area contributed by atoms with Gasteiger partial charge in [-0.1, -0.05) is 19.1 Å². The van der Waals surface area contributed by atoms with E-state index in [4.69, 9.17) is 14.2 Å². The van der Waals surface area contributed by atoms with Crippen LogP contribution in [-0.4, -0.2) is 59.4 Å². The van der Waals surface area contributed by atoms with Gasteiger partial charge in [-0.05, 0) is 45.4 Å². The van der Waals surface area contributed by atoms with Crippen LogP contribution >= 0.6 is 12.6 Å². The van der Waals surface area contributed by atoms with Gasteiger partial charge in [0, 0.05) is 32.3 Å². The molecule has 0 saturated carbocycles. The maximum absolute atomic E-state index is 12.3. The normalized spacial score (nSPS) is 18.2. The van der Waals surface area contributed by atoms with Crippen LogP contribution in [0.25, 0.3) is 0 Å². The van der Waals surface area contributed by atoms with Gasteiger partial charge < -0.3 is 14.2 Å². The lowest BCUT2D eigenvalue weighted by Gasteiger charge is -2.30. The third kappa shape index (κ3) is 7.32. The number of hydrogen-bond acceptors (Lipinski definition) is 6. The van der Waals surface area contributed by atoms with Crippen molar-refractivity contribution in [2.45, 2.75) is 71.1 Å². The van der Waals surface area contributed by atoms with Crippen LogP contribution in [0.5, 0.6) is 5.75 Å². The van der Waals surface area contributed by atoms with Gasteiger partial charge in [-0.25, -0.2) is 0 Å². The van der Waals surface area contributed by atoms with Crippen LogP contribution in [0.15, 0.2) is 24.3 Å². The average Bonchev–Trinajstić information content (AvgIpc) is 2.92. The first-order chi connectivity index (χ1) is 14.8. The minimum Gasteiger partial charge on any atom is -0.488 e. The highest BCUT2D eigenvalue weighted by Crippen LogP contribution is 2.26. The van der Waals surface area contributed by atoms with Crippen molar-refractivity contribution in [3.63, 3.8) is 0 Å². The molecule has 0 aromatic heterocycles. The van der Waals surface area contributed by atoms with Crippen molar-refractivity contribution in [2.24, 2.45) is 5.92 Å². The Kier molecular flexibility index (Phi) is 8.90. The molecule has 0 spiro atoms. The first kappa shape index (κ1) is 26.4. The number of thiol groups is 1. The summed E-state index contributed by atoms with van der Waals surface area (Å²) >= 11 is 3.92. The standard InChI is InChI=1S/C24H35NO6S/c1-16-13-20(26)25(21(16)27)19(22(28)32)14-17-7-9-18(10-8-17)31-23(2,3)11-12-30-24(4,5)15-29-6/h7-10,16,19H,11-15H2,1-6H3,(H,28,32). The number of ether oxygens (including phenoxy) is 3. The fraction of sp³-hybridized carbons (Fsp3) is 0.625. The van der Waals surface area contributed by atoms with Crippen LogP contribution in [0.1, 0.15) is 53.0 Å². The molecule has 32 heavy (non-hydrogen) atoms. The molecule has 2 amide bonds. The van der Waals surface area contributed by atoms with Crippen molar-refractivity contribution < 1.29 is 28.6 Å². The lowest BCUT2D eigenvalue weighted by Crippen LogP contribution is -2.45. The Hall–Kier alpha value is -1.90. The third-order valence-electron chi connectivity index (χ3n) is 5.44. The number of likely N-dealkylation sites (tertiary alicyclic amines) is 1. The summed E-state index contributed by atoms with van der Waals surface area (Å²) in [5, 5.41) is -0.501. The van der Waals surface area contributed by atoms with Gasteiger partial charge in [0.25, 0.3) is 0 Å². The van der Waals surface area contributed by atoms with Crippen molar-refractivity contribution >= 4 is 29.6 Å². The average molecular weight is 466 g/mol. The van der Waals surface area contributed by atoms with Crippen molar-refractivity contribution in [3.8, 4) is 5.75 Å². The highest BCUT2D eigenvalue weighted by atomic mass is 32.1. The van der Waals surface area contributed by atoms with Gasteiger partial charge in [-0.15, -0.1) is 12.6 Å². The molecule has 1 aromatic carbocycles.